The first kappa shape index (κ1) is 19.4. The van der Waals surface area contributed by atoms with Crippen molar-refractivity contribution in [2.45, 2.75) is 27.3 Å². The second kappa shape index (κ2) is 9.51. The van der Waals surface area contributed by atoms with Crippen LogP contribution in [0.2, 0.25) is 0 Å². The lowest BCUT2D eigenvalue weighted by atomic mass is 10.4. The fourth-order valence-electron chi connectivity index (χ4n) is 2.10. The van der Waals surface area contributed by atoms with Gasteiger partial charge >= 0.3 is 0 Å². The molecule has 0 aromatic carbocycles. The number of hydrogen-bond acceptors (Lipinski definition) is 4. The summed E-state index contributed by atoms with van der Waals surface area (Å²) in [5.41, 5.74) is 0.984. The standard InChI is InChI=1S/C14H28N6O2S/c1-5-15-14(17-12-13-8-9-18-19(13)4)16-10-11-23(21,22)20(6-2)7-3/h8-9H,5-7,10-12H2,1-4H3,(H2,15,16,17). The van der Waals surface area contributed by atoms with Crippen molar-refractivity contribution in [3.63, 3.8) is 0 Å². The van der Waals surface area contributed by atoms with Crippen LogP contribution in [0.25, 0.3) is 0 Å². The predicted octanol–water partition coefficient (Wildman–Crippen LogP) is 0.147. The van der Waals surface area contributed by atoms with Gasteiger partial charge in [0.15, 0.2) is 5.96 Å². The molecule has 0 bridgehead atoms. The minimum absolute atomic E-state index is 0.0464. The SMILES string of the molecule is CCNC(=NCc1ccnn1C)NCCS(=O)(=O)N(CC)CC. The smallest absolute Gasteiger partial charge is 0.215 e. The Bertz CT molecular complexity index is 592. The van der Waals surface area contributed by atoms with Crippen LogP contribution in [0.3, 0.4) is 0 Å². The van der Waals surface area contributed by atoms with E-state index in [-0.39, 0.29) is 5.75 Å². The van der Waals surface area contributed by atoms with Gasteiger partial charge in [0.2, 0.25) is 10.0 Å². The Morgan fingerprint density at radius 3 is 2.52 bits per heavy atom. The molecule has 0 fully saturated rings. The Labute approximate surface area is 139 Å². The van der Waals surface area contributed by atoms with E-state index in [0.717, 1.165) is 5.69 Å². The van der Waals surface area contributed by atoms with E-state index in [4.69, 9.17) is 0 Å². The van der Waals surface area contributed by atoms with Crippen molar-refractivity contribution in [3.05, 3.63) is 18.0 Å². The minimum Gasteiger partial charge on any atom is -0.357 e. The Kier molecular flexibility index (Phi) is 8.04. The molecule has 1 aromatic rings. The second-order valence-electron chi connectivity index (χ2n) is 4.97. The number of aryl methyl sites for hydroxylation is 1. The molecule has 0 saturated heterocycles. The summed E-state index contributed by atoms with van der Waals surface area (Å²) in [6, 6.07) is 1.90. The zero-order valence-electron chi connectivity index (χ0n) is 14.4. The Balaban J connectivity index is 2.58. The highest BCUT2D eigenvalue weighted by Crippen LogP contribution is 2.00. The van der Waals surface area contributed by atoms with Gasteiger partial charge in [0, 0.05) is 39.4 Å². The van der Waals surface area contributed by atoms with E-state index in [2.05, 4.69) is 20.7 Å². The molecule has 0 spiro atoms. The number of guanidine groups is 1. The molecule has 0 amide bonds. The lowest BCUT2D eigenvalue weighted by Gasteiger charge is -2.19. The van der Waals surface area contributed by atoms with Crippen LogP contribution in [0.15, 0.2) is 17.3 Å². The van der Waals surface area contributed by atoms with Crippen LogP contribution < -0.4 is 10.6 Å². The van der Waals surface area contributed by atoms with Gasteiger partial charge in [-0.1, -0.05) is 13.8 Å². The van der Waals surface area contributed by atoms with E-state index < -0.39 is 10.0 Å². The van der Waals surface area contributed by atoms with Crippen molar-refractivity contribution < 1.29 is 8.42 Å². The third-order valence-corrected chi connectivity index (χ3v) is 5.44. The Morgan fingerprint density at radius 2 is 2.00 bits per heavy atom. The second-order valence-corrected chi connectivity index (χ2v) is 7.06. The fourth-order valence-corrected chi connectivity index (χ4v) is 3.51. The quantitative estimate of drug-likeness (QED) is 0.491. The van der Waals surface area contributed by atoms with Crippen LogP contribution >= 0.6 is 0 Å². The summed E-state index contributed by atoms with van der Waals surface area (Å²) >= 11 is 0. The molecule has 0 aliphatic heterocycles. The maximum atomic E-state index is 12.1. The molecule has 0 atom stereocenters. The van der Waals surface area contributed by atoms with Crippen LogP contribution in [-0.2, 0) is 23.6 Å². The third kappa shape index (κ3) is 6.19. The summed E-state index contributed by atoms with van der Waals surface area (Å²) in [4.78, 5) is 4.45. The number of aliphatic imine (C=N–C) groups is 1. The van der Waals surface area contributed by atoms with Crippen LogP contribution in [0.4, 0.5) is 0 Å². The summed E-state index contributed by atoms with van der Waals surface area (Å²) in [6.45, 7) is 8.14. The molecular weight excluding hydrogens is 316 g/mol. The van der Waals surface area contributed by atoms with Gasteiger partial charge in [0.1, 0.15) is 0 Å². The summed E-state index contributed by atoms with van der Waals surface area (Å²) in [5, 5.41) is 10.3. The van der Waals surface area contributed by atoms with Crippen LogP contribution in [0, 0.1) is 0 Å². The zero-order valence-corrected chi connectivity index (χ0v) is 15.2. The molecule has 1 rings (SSSR count). The Morgan fingerprint density at radius 1 is 1.30 bits per heavy atom. The molecule has 8 nitrogen and oxygen atoms in total. The van der Waals surface area contributed by atoms with E-state index in [9.17, 15) is 8.42 Å². The molecule has 9 heteroatoms. The van der Waals surface area contributed by atoms with Gasteiger partial charge in [0.05, 0.1) is 18.0 Å². The van der Waals surface area contributed by atoms with Gasteiger partial charge in [0.25, 0.3) is 0 Å². The number of aromatic nitrogens is 2. The molecule has 0 radical (unpaired) electrons. The molecular formula is C14H28N6O2S. The van der Waals surface area contributed by atoms with Crippen molar-refractivity contribution in [2.75, 3.05) is 31.9 Å². The van der Waals surface area contributed by atoms with E-state index in [1.54, 1.807) is 10.9 Å². The number of nitrogens with zero attached hydrogens (tertiary/aromatic N) is 4. The van der Waals surface area contributed by atoms with Crippen LogP contribution in [0.5, 0.6) is 0 Å². The van der Waals surface area contributed by atoms with Gasteiger partial charge < -0.3 is 10.6 Å². The highest BCUT2D eigenvalue weighted by atomic mass is 32.2. The Hall–Kier alpha value is -1.61. The van der Waals surface area contributed by atoms with Crippen molar-refractivity contribution in [1.82, 2.24) is 24.7 Å². The van der Waals surface area contributed by atoms with E-state index in [0.29, 0.717) is 38.7 Å². The lowest BCUT2D eigenvalue weighted by molar-refractivity contribution is 0.445. The maximum absolute atomic E-state index is 12.1. The monoisotopic (exact) mass is 344 g/mol. The first-order valence-electron chi connectivity index (χ1n) is 7.91. The van der Waals surface area contributed by atoms with Gasteiger partial charge in [-0.15, -0.1) is 0 Å². The average Bonchev–Trinajstić information content (AvgIpc) is 2.91. The highest BCUT2D eigenvalue weighted by molar-refractivity contribution is 7.89. The van der Waals surface area contributed by atoms with Gasteiger partial charge in [-0.3, -0.25) is 4.68 Å². The van der Waals surface area contributed by atoms with Gasteiger partial charge in [-0.2, -0.15) is 5.10 Å². The van der Waals surface area contributed by atoms with Crippen molar-refractivity contribution in [2.24, 2.45) is 12.0 Å². The van der Waals surface area contributed by atoms with E-state index in [1.807, 2.05) is 33.9 Å². The number of nitrogens with one attached hydrogen (secondary N) is 2. The largest absolute Gasteiger partial charge is 0.357 e. The molecule has 0 aliphatic rings. The first-order valence-corrected chi connectivity index (χ1v) is 9.52. The predicted molar refractivity (Wildman–Crippen MR) is 92.7 cm³/mol. The zero-order chi connectivity index (χ0) is 17.3. The number of rotatable bonds is 9. The summed E-state index contributed by atoms with van der Waals surface area (Å²) in [7, 11) is -1.36. The molecule has 0 unspecified atom stereocenters. The molecule has 0 aliphatic carbocycles. The number of hydrogen-bond donors (Lipinski definition) is 2. The highest BCUT2D eigenvalue weighted by Gasteiger charge is 2.18. The third-order valence-electron chi connectivity index (χ3n) is 3.42. The molecule has 1 aromatic heterocycles. The lowest BCUT2D eigenvalue weighted by Crippen LogP contribution is -2.42. The fraction of sp³-hybridized carbons (Fsp3) is 0.714. The normalized spacial score (nSPS) is 12.7. The molecule has 2 N–H and O–H groups in total. The molecule has 0 saturated carbocycles. The maximum Gasteiger partial charge on any atom is 0.215 e. The first-order chi connectivity index (χ1) is 10.9. The van der Waals surface area contributed by atoms with Crippen LogP contribution in [-0.4, -0.2) is 60.4 Å². The molecule has 132 valence electrons. The average molecular weight is 344 g/mol. The van der Waals surface area contributed by atoms with Gasteiger partial charge in [-0.05, 0) is 13.0 Å². The van der Waals surface area contributed by atoms with Crippen molar-refractivity contribution in [1.29, 1.82) is 0 Å². The number of sulfonamides is 1. The summed E-state index contributed by atoms with van der Waals surface area (Å²) in [5.74, 6) is 0.647. The topological polar surface area (TPSA) is 91.6 Å². The van der Waals surface area contributed by atoms with Crippen molar-refractivity contribution in [3.8, 4) is 0 Å². The summed E-state index contributed by atoms with van der Waals surface area (Å²) in [6.07, 6.45) is 1.72. The van der Waals surface area contributed by atoms with E-state index >= 15 is 0 Å². The van der Waals surface area contributed by atoms with Crippen molar-refractivity contribution >= 4 is 16.0 Å². The van der Waals surface area contributed by atoms with Gasteiger partial charge in [-0.25, -0.2) is 17.7 Å². The van der Waals surface area contributed by atoms with Crippen LogP contribution in [0.1, 0.15) is 26.5 Å². The minimum atomic E-state index is -3.22. The van der Waals surface area contributed by atoms with E-state index in [1.165, 1.54) is 4.31 Å². The summed E-state index contributed by atoms with van der Waals surface area (Å²) < 4.78 is 27.5. The molecule has 23 heavy (non-hydrogen) atoms. The molecule has 1 heterocycles.